The predicted molar refractivity (Wildman–Crippen MR) is 85.6 cm³/mol. The minimum absolute atomic E-state index is 0.0594. The summed E-state index contributed by atoms with van der Waals surface area (Å²) in [5, 5.41) is 4.04. The van der Waals surface area contributed by atoms with Crippen LogP contribution in [0.4, 0.5) is 0 Å². The average Bonchev–Trinajstić information content (AvgIpc) is 2.91. The Morgan fingerprint density at radius 1 is 1.29 bits per heavy atom. The molecule has 0 amide bonds. The molecule has 3 aromatic rings. The molecule has 0 fully saturated rings. The number of benzene rings is 1. The molecule has 1 aromatic carbocycles. The van der Waals surface area contributed by atoms with E-state index in [1.165, 1.54) is 0 Å². The Balaban J connectivity index is 2.04. The Hall–Kier alpha value is -2.11. The van der Waals surface area contributed by atoms with Gasteiger partial charge in [-0.15, -0.1) is 11.3 Å². The number of hydrogen-bond donors (Lipinski definition) is 1. The van der Waals surface area contributed by atoms with E-state index in [1.54, 1.807) is 18.3 Å². The van der Waals surface area contributed by atoms with Crippen molar-refractivity contribution in [2.75, 3.05) is 7.05 Å². The number of rotatable bonds is 4. The van der Waals surface area contributed by atoms with Crippen LogP contribution in [-0.4, -0.2) is 22.8 Å². The van der Waals surface area contributed by atoms with Gasteiger partial charge in [-0.05, 0) is 43.8 Å². The van der Waals surface area contributed by atoms with E-state index in [-0.39, 0.29) is 5.78 Å². The summed E-state index contributed by atoms with van der Waals surface area (Å²) in [5.41, 5.74) is 3.69. The molecule has 0 spiro atoms. The predicted octanol–water partition coefficient (Wildman–Crippen LogP) is 3.28. The Kier molecular flexibility index (Phi) is 3.77. The van der Waals surface area contributed by atoms with Gasteiger partial charge in [-0.2, -0.15) is 0 Å². The summed E-state index contributed by atoms with van der Waals surface area (Å²) in [7, 11) is 1.91. The molecule has 5 heteroatoms. The molecule has 2 heterocycles. The number of nitrogens with one attached hydrogen (secondary N) is 1. The summed E-state index contributed by atoms with van der Waals surface area (Å²) in [6.07, 6.45) is 3.67. The lowest BCUT2D eigenvalue weighted by molar-refractivity contribution is 0.101. The zero-order valence-electron chi connectivity index (χ0n) is 11.9. The molecule has 0 atom stereocenters. The molecule has 0 radical (unpaired) electrons. The van der Waals surface area contributed by atoms with Crippen molar-refractivity contribution in [3.63, 3.8) is 0 Å². The van der Waals surface area contributed by atoms with Crippen molar-refractivity contribution in [2.24, 2.45) is 0 Å². The summed E-state index contributed by atoms with van der Waals surface area (Å²) in [5.74, 6) is 0.0594. The van der Waals surface area contributed by atoms with E-state index in [2.05, 4.69) is 21.4 Å². The van der Waals surface area contributed by atoms with Gasteiger partial charge in [-0.3, -0.25) is 9.78 Å². The van der Waals surface area contributed by atoms with E-state index in [0.717, 1.165) is 32.9 Å². The number of carbonyl (C=O) groups is 1. The van der Waals surface area contributed by atoms with Gasteiger partial charge in [0.2, 0.25) is 0 Å². The lowest BCUT2D eigenvalue weighted by Gasteiger charge is -2.01. The SMILES string of the molecule is CNCc1cncc(-c2nc3cc(C(C)=O)ccc3s2)c1. The van der Waals surface area contributed by atoms with E-state index in [0.29, 0.717) is 5.56 Å². The molecule has 106 valence electrons. The van der Waals surface area contributed by atoms with Crippen LogP contribution in [0.3, 0.4) is 0 Å². The second-order valence-corrected chi connectivity index (χ2v) is 5.90. The number of fused-ring (bicyclic) bond motifs is 1. The molecule has 0 saturated carbocycles. The number of hydrogen-bond acceptors (Lipinski definition) is 5. The third-order valence-electron chi connectivity index (χ3n) is 3.22. The number of nitrogens with zero attached hydrogens (tertiary/aromatic N) is 2. The van der Waals surface area contributed by atoms with E-state index < -0.39 is 0 Å². The number of thiazole rings is 1. The smallest absolute Gasteiger partial charge is 0.159 e. The van der Waals surface area contributed by atoms with Gasteiger partial charge in [0, 0.05) is 30.1 Å². The third kappa shape index (κ3) is 2.84. The zero-order chi connectivity index (χ0) is 14.8. The van der Waals surface area contributed by atoms with Crippen LogP contribution in [0.2, 0.25) is 0 Å². The molecule has 0 aliphatic rings. The second-order valence-electron chi connectivity index (χ2n) is 4.87. The maximum Gasteiger partial charge on any atom is 0.159 e. The van der Waals surface area contributed by atoms with E-state index in [4.69, 9.17) is 0 Å². The van der Waals surface area contributed by atoms with Crippen LogP contribution in [0.15, 0.2) is 36.7 Å². The molecule has 3 rings (SSSR count). The van der Waals surface area contributed by atoms with Crippen molar-refractivity contribution < 1.29 is 4.79 Å². The van der Waals surface area contributed by atoms with Crippen molar-refractivity contribution in [1.29, 1.82) is 0 Å². The molecule has 0 aliphatic carbocycles. The second kappa shape index (κ2) is 5.71. The van der Waals surface area contributed by atoms with Gasteiger partial charge < -0.3 is 5.32 Å². The van der Waals surface area contributed by atoms with Crippen molar-refractivity contribution in [1.82, 2.24) is 15.3 Å². The molecule has 4 nitrogen and oxygen atoms in total. The minimum atomic E-state index is 0.0594. The molecule has 2 aromatic heterocycles. The molecule has 0 bridgehead atoms. The molecule has 21 heavy (non-hydrogen) atoms. The van der Waals surface area contributed by atoms with Gasteiger partial charge in [-0.1, -0.05) is 0 Å². The summed E-state index contributed by atoms with van der Waals surface area (Å²) in [6, 6.07) is 7.75. The van der Waals surface area contributed by atoms with Crippen molar-refractivity contribution in [3.05, 3.63) is 47.8 Å². The maximum absolute atomic E-state index is 11.4. The van der Waals surface area contributed by atoms with Gasteiger partial charge in [0.05, 0.1) is 10.2 Å². The molecular formula is C16H15N3OS. The zero-order valence-corrected chi connectivity index (χ0v) is 12.7. The van der Waals surface area contributed by atoms with Gasteiger partial charge in [-0.25, -0.2) is 4.98 Å². The fourth-order valence-electron chi connectivity index (χ4n) is 2.18. The van der Waals surface area contributed by atoms with Crippen molar-refractivity contribution in [2.45, 2.75) is 13.5 Å². The van der Waals surface area contributed by atoms with E-state index >= 15 is 0 Å². The summed E-state index contributed by atoms with van der Waals surface area (Å²) < 4.78 is 1.08. The third-order valence-corrected chi connectivity index (χ3v) is 4.30. The molecule has 0 aliphatic heterocycles. The first kappa shape index (κ1) is 13.9. The first-order chi connectivity index (χ1) is 10.2. The highest BCUT2D eigenvalue weighted by Crippen LogP contribution is 2.30. The Bertz CT molecular complexity index is 810. The maximum atomic E-state index is 11.4. The summed E-state index contributed by atoms with van der Waals surface area (Å²) >= 11 is 1.61. The van der Waals surface area contributed by atoms with Crippen LogP contribution < -0.4 is 5.32 Å². The van der Waals surface area contributed by atoms with Crippen molar-refractivity contribution >= 4 is 27.3 Å². The van der Waals surface area contributed by atoms with Crippen LogP contribution in [0.1, 0.15) is 22.8 Å². The highest BCUT2D eigenvalue weighted by molar-refractivity contribution is 7.21. The summed E-state index contributed by atoms with van der Waals surface area (Å²) in [6.45, 7) is 2.35. The van der Waals surface area contributed by atoms with Crippen LogP contribution in [0.25, 0.3) is 20.8 Å². The normalized spacial score (nSPS) is 11.0. The largest absolute Gasteiger partial charge is 0.316 e. The molecule has 0 unspecified atom stereocenters. The fourth-order valence-corrected chi connectivity index (χ4v) is 3.10. The van der Waals surface area contributed by atoms with Gasteiger partial charge in [0.25, 0.3) is 0 Å². The minimum Gasteiger partial charge on any atom is -0.316 e. The number of ketones is 1. The number of pyridine rings is 1. The standard InChI is InChI=1S/C16H15N3OS/c1-10(20)12-3-4-15-14(6-12)19-16(21-15)13-5-11(7-17-2)8-18-9-13/h3-6,8-9,17H,7H2,1-2H3. The number of Topliss-reactive ketones (excluding diaryl/α,β-unsaturated/α-hetero) is 1. The highest BCUT2D eigenvalue weighted by Gasteiger charge is 2.09. The quantitative estimate of drug-likeness (QED) is 0.751. The van der Waals surface area contributed by atoms with Crippen LogP contribution in [-0.2, 0) is 6.54 Å². The summed E-state index contributed by atoms with van der Waals surface area (Å²) in [4.78, 5) is 20.3. The van der Waals surface area contributed by atoms with Gasteiger partial charge in [0.15, 0.2) is 5.78 Å². The van der Waals surface area contributed by atoms with Gasteiger partial charge in [0.1, 0.15) is 5.01 Å². The lowest BCUT2D eigenvalue weighted by atomic mass is 10.1. The fraction of sp³-hybridized carbons (Fsp3) is 0.188. The highest BCUT2D eigenvalue weighted by atomic mass is 32.1. The first-order valence-electron chi connectivity index (χ1n) is 6.68. The lowest BCUT2D eigenvalue weighted by Crippen LogP contribution is -2.05. The molecule has 0 saturated heterocycles. The Labute approximate surface area is 126 Å². The van der Waals surface area contributed by atoms with E-state index in [9.17, 15) is 4.79 Å². The average molecular weight is 297 g/mol. The monoisotopic (exact) mass is 297 g/mol. The first-order valence-corrected chi connectivity index (χ1v) is 7.49. The topological polar surface area (TPSA) is 54.9 Å². The van der Waals surface area contributed by atoms with Crippen LogP contribution in [0, 0.1) is 0 Å². The van der Waals surface area contributed by atoms with Crippen LogP contribution >= 0.6 is 11.3 Å². The van der Waals surface area contributed by atoms with Crippen LogP contribution in [0.5, 0.6) is 0 Å². The molecular weight excluding hydrogens is 282 g/mol. The van der Waals surface area contributed by atoms with Crippen molar-refractivity contribution in [3.8, 4) is 10.6 Å². The van der Waals surface area contributed by atoms with E-state index in [1.807, 2.05) is 37.6 Å². The Morgan fingerprint density at radius 3 is 2.90 bits per heavy atom. The number of carbonyl (C=O) groups excluding carboxylic acids is 1. The van der Waals surface area contributed by atoms with Gasteiger partial charge >= 0.3 is 0 Å². The number of aromatic nitrogens is 2. The Morgan fingerprint density at radius 2 is 2.14 bits per heavy atom. The molecule has 1 N–H and O–H groups in total.